The van der Waals surface area contributed by atoms with Crippen molar-refractivity contribution in [2.75, 3.05) is 80.4 Å². The Hall–Kier alpha value is -4.59. The highest BCUT2D eigenvalue weighted by Crippen LogP contribution is 2.42. The van der Waals surface area contributed by atoms with Crippen LogP contribution in [0.15, 0.2) is 66.7 Å². The van der Waals surface area contributed by atoms with Crippen LogP contribution in [-0.4, -0.2) is 108 Å². The lowest BCUT2D eigenvalue weighted by molar-refractivity contribution is -0.127. The average Bonchev–Trinajstić information content (AvgIpc) is 3.63. The summed E-state index contributed by atoms with van der Waals surface area (Å²) in [5, 5.41) is 6.63. The van der Waals surface area contributed by atoms with Crippen molar-refractivity contribution >= 4 is 30.3 Å². The van der Waals surface area contributed by atoms with Gasteiger partial charge >= 0.3 is 6.03 Å². The molecule has 3 saturated heterocycles. The second-order valence-electron chi connectivity index (χ2n) is 13.3. The largest absolute Gasteiger partial charge is 0.493 e. The number of nitrogens with zero attached hydrogens (tertiary/aromatic N) is 2. The van der Waals surface area contributed by atoms with E-state index in [1.165, 1.54) is 33.5 Å². The Kier molecular flexibility index (Phi) is 14.7. The highest BCUT2D eigenvalue weighted by Gasteiger charge is 2.44. The maximum Gasteiger partial charge on any atom is 0.314 e. The van der Waals surface area contributed by atoms with Gasteiger partial charge in [0.2, 0.25) is 11.7 Å². The molecule has 1 atom stereocenters. The van der Waals surface area contributed by atoms with Crippen LogP contribution < -0.4 is 30.6 Å². The van der Waals surface area contributed by atoms with E-state index in [9.17, 15) is 18.8 Å². The van der Waals surface area contributed by atoms with Crippen LogP contribution in [0.1, 0.15) is 47.2 Å². The number of methoxy groups -OCH3 is 3. The Morgan fingerprint density at radius 3 is 2.02 bits per heavy atom. The number of morpholine rings is 1. The smallest absolute Gasteiger partial charge is 0.314 e. The number of amides is 4. The highest BCUT2D eigenvalue weighted by atomic mass is 35.5. The molecule has 53 heavy (non-hydrogen) atoms. The molecule has 3 heterocycles. The van der Waals surface area contributed by atoms with Crippen molar-refractivity contribution in [3.05, 3.63) is 89.2 Å². The zero-order valence-corrected chi connectivity index (χ0v) is 31.5. The predicted octanol–water partition coefficient (Wildman–Crippen LogP) is 4.28. The highest BCUT2D eigenvalue weighted by molar-refractivity contribution is 5.96. The van der Waals surface area contributed by atoms with Crippen LogP contribution in [0.5, 0.6) is 17.2 Å². The lowest BCUT2D eigenvalue weighted by Crippen LogP contribution is -2.51. The minimum atomic E-state index is -0.584. The molecule has 0 bridgehead atoms. The molecule has 288 valence electrons. The number of nitrogens with two attached hydrogens (primary N) is 1. The standard InChI is InChI=1S/C34H40FN3O5.C5H10N2O2.ClH/c1-41-28-21-24(22-29(42-2)30(28)43-3)31(39)38-20-16-33(23-38,25-9-11-27(35)12-10-25)13-19-37-32(40)34(14-17-36-18-15-34)26-7-5-4-6-8-26;6-5(8)7-1-3-9-4-2-7;/h4-12,21-22,36H,13-20,23H2,1-3H3,(H,37,40);1-4H2,(H2,6,8);1H. The summed E-state index contributed by atoms with van der Waals surface area (Å²) in [6, 6.07) is 19.5. The van der Waals surface area contributed by atoms with Crippen molar-refractivity contribution in [3.63, 3.8) is 0 Å². The number of primary amides is 1. The molecule has 3 aromatic carbocycles. The Morgan fingerprint density at radius 1 is 0.849 bits per heavy atom. The molecule has 3 aliphatic heterocycles. The third kappa shape index (κ3) is 9.51. The molecule has 0 aromatic heterocycles. The number of rotatable bonds is 10. The van der Waals surface area contributed by atoms with Gasteiger partial charge in [-0.3, -0.25) is 9.59 Å². The van der Waals surface area contributed by atoms with E-state index in [4.69, 9.17) is 24.7 Å². The number of halogens is 2. The maximum atomic E-state index is 13.9. The molecule has 14 heteroatoms. The van der Waals surface area contributed by atoms with Gasteiger partial charge in [-0.1, -0.05) is 42.5 Å². The minimum absolute atomic E-state index is 0. The van der Waals surface area contributed by atoms with Gasteiger partial charge in [0.1, 0.15) is 5.82 Å². The Bertz CT molecular complexity index is 1650. The summed E-state index contributed by atoms with van der Waals surface area (Å²) in [4.78, 5) is 41.4. The summed E-state index contributed by atoms with van der Waals surface area (Å²) in [5.41, 5.74) is 6.37. The number of nitrogens with one attached hydrogen (secondary N) is 2. The molecule has 4 N–H and O–H groups in total. The molecule has 0 saturated carbocycles. The van der Waals surface area contributed by atoms with E-state index in [-0.39, 0.29) is 36.1 Å². The maximum absolute atomic E-state index is 13.9. The van der Waals surface area contributed by atoms with Crippen LogP contribution >= 0.6 is 12.4 Å². The van der Waals surface area contributed by atoms with E-state index in [1.54, 1.807) is 29.2 Å². The van der Waals surface area contributed by atoms with Crippen LogP contribution in [0.25, 0.3) is 0 Å². The van der Waals surface area contributed by atoms with Gasteiger partial charge in [0, 0.05) is 43.7 Å². The van der Waals surface area contributed by atoms with Gasteiger partial charge in [0.15, 0.2) is 11.5 Å². The molecule has 12 nitrogen and oxygen atoms in total. The average molecular weight is 756 g/mol. The van der Waals surface area contributed by atoms with Crippen molar-refractivity contribution < 1.29 is 37.7 Å². The molecular formula is C39H51ClFN5O7. The number of hydrogen-bond acceptors (Lipinski definition) is 8. The first-order valence-corrected chi connectivity index (χ1v) is 17.7. The number of ether oxygens (including phenoxy) is 4. The van der Waals surface area contributed by atoms with Gasteiger partial charge in [-0.05, 0) is 74.2 Å². The van der Waals surface area contributed by atoms with E-state index in [0.29, 0.717) is 81.6 Å². The quantitative estimate of drug-likeness (QED) is 0.278. The fourth-order valence-electron chi connectivity index (χ4n) is 7.45. The molecule has 4 amide bonds. The molecule has 0 spiro atoms. The third-order valence-corrected chi connectivity index (χ3v) is 10.4. The van der Waals surface area contributed by atoms with Crippen LogP contribution in [-0.2, 0) is 20.4 Å². The number of urea groups is 1. The van der Waals surface area contributed by atoms with Gasteiger partial charge < -0.3 is 45.1 Å². The van der Waals surface area contributed by atoms with E-state index in [0.717, 1.165) is 37.1 Å². The second kappa shape index (κ2) is 18.9. The number of hydrogen-bond donors (Lipinski definition) is 3. The van der Waals surface area contributed by atoms with Crippen molar-refractivity contribution in [2.45, 2.75) is 36.5 Å². The van der Waals surface area contributed by atoms with Gasteiger partial charge in [-0.25, -0.2) is 9.18 Å². The summed E-state index contributed by atoms with van der Waals surface area (Å²) in [7, 11) is 4.55. The van der Waals surface area contributed by atoms with Crippen molar-refractivity contribution in [3.8, 4) is 17.2 Å². The first-order chi connectivity index (χ1) is 25.2. The summed E-state index contributed by atoms with van der Waals surface area (Å²) < 4.78 is 35.3. The summed E-state index contributed by atoms with van der Waals surface area (Å²) in [5.74, 6) is 0.778. The predicted molar refractivity (Wildman–Crippen MR) is 202 cm³/mol. The second-order valence-corrected chi connectivity index (χ2v) is 13.3. The Balaban J connectivity index is 0.000000549. The van der Waals surface area contributed by atoms with Crippen LogP contribution in [0, 0.1) is 5.82 Å². The normalized spacial score (nSPS) is 19.2. The molecule has 6 rings (SSSR count). The molecule has 3 aliphatic rings. The zero-order valence-electron chi connectivity index (χ0n) is 30.7. The first-order valence-electron chi connectivity index (χ1n) is 17.7. The third-order valence-electron chi connectivity index (χ3n) is 10.4. The fourth-order valence-corrected chi connectivity index (χ4v) is 7.45. The SMILES string of the molecule is COc1cc(C(=O)N2CCC(CCNC(=O)C3(c4ccccc4)CCNCC3)(c3ccc(F)cc3)C2)cc(OC)c1OC.Cl.NC(=O)N1CCOCC1. The van der Waals surface area contributed by atoms with E-state index in [2.05, 4.69) is 10.6 Å². The van der Waals surface area contributed by atoms with Crippen LogP contribution in [0.2, 0.25) is 0 Å². The number of carbonyl (C=O) groups is 3. The van der Waals surface area contributed by atoms with E-state index < -0.39 is 10.8 Å². The van der Waals surface area contributed by atoms with E-state index in [1.807, 2.05) is 35.2 Å². The van der Waals surface area contributed by atoms with Gasteiger partial charge in [-0.2, -0.15) is 0 Å². The minimum Gasteiger partial charge on any atom is -0.493 e. The Labute approximate surface area is 316 Å². The zero-order chi connectivity index (χ0) is 37.1. The number of carbonyl (C=O) groups excluding carboxylic acids is 3. The monoisotopic (exact) mass is 755 g/mol. The first kappa shape index (κ1) is 41.2. The fraction of sp³-hybridized carbons (Fsp3) is 0.462. The van der Waals surface area contributed by atoms with Crippen molar-refractivity contribution in [1.82, 2.24) is 20.4 Å². The lowest BCUT2D eigenvalue weighted by Gasteiger charge is -2.37. The molecule has 1 unspecified atom stereocenters. The van der Waals surface area contributed by atoms with Crippen LogP contribution in [0.4, 0.5) is 9.18 Å². The molecule has 0 aliphatic carbocycles. The van der Waals surface area contributed by atoms with Crippen LogP contribution in [0.3, 0.4) is 0 Å². The molecule has 3 aromatic rings. The Morgan fingerprint density at radius 2 is 1.47 bits per heavy atom. The number of benzene rings is 3. The lowest BCUT2D eigenvalue weighted by atomic mass is 9.72. The number of likely N-dealkylation sites (tertiary alicyclic amines) is 1. The van der Waals surface area contributed by atoms with Gasteiger partial charge in [-0.15, -0.1) is 12.4 Å². The van der Waals surface area contributed by atoms with E-state index >= 15 is 0 Å². The molecule has 3 fully saturated rings. The number of piperidine rings is 1. The summed E-state index contributed by atoms with van der Waals surface area (Å²) in [6.07, 6.45) is 2.73. The van der Waals surface area contributed by atoms with Crippen molar-refractivity contribution in [2.24, 2.45) is 5.73 Å². The van der Waals surface area contributed by atoms with Gasteiger partial charge in [0.25, 0.3) is 5.91 Å². The summed E-state index contributed by atoms with van der Waals surface area (Å²) >= 11 is 0. The topological polar surface area (TPSA) is 145 Å². The van der Waals surface area contributed by atoms with Gasteiger partial charge in [0.05, 0.1) is 40.0 Å². The van der Waals surface area contributed by atoms with Crippen molar-refractivity contribution in [1.29, 1.82) is 0 Å². The summed E-state index contributed by atoms with van der Waals surface area (Å²) in [6.45, 7) is 5.43. The molecule has 0 radical (unpaired) electrons. The molecular weight excluding hydrogens is 705 g/mol.